The lowest BCUT2D eigenvalue weighted by atomic mass is 9.86. The molecule has 8 nitrogen and oxygen atoms in total. The summed E-state index contributed by atoms with van der Waals surface area (Å²) in [5, 5.41) is 15.7. The lowest BCUT2D eigenvalue weighted by molar-refractivity contribution is 0.0695. The van der Waals surface area contributed by atoms with Gasteiger partial charge in [-0.05, 0) is 67.5 Å². The van der Waals surface area contributed by atoms with E-state index in [4.69, 9.17) is 16.3 Å². The van der Waals surface area contributed by atoms with Crippen molar-refractivity contribution >= 4 is 5.97 Å². The fourth-order valence-corrected chi connectivity index (χ4v) is 5.74. The Bertz CT molecular complexity index is 1310. The third-order valence-corrected chi connectivity index (χ3v) is 7.87. The number of carboxylic acids is 1. The van der Waals surface area contributed by atoms with Gasteiger partial charge < -0.3 is 20.6 Å². The number of hydrogen-bond acceptors (Lipinski definition) is 6. The number of aromatic nitrogens is 2. The van der Waals surface area contributed by atoms with Gasteiger partial charge in [0.05, 0.1) is 23.7 Å². The van der Waals surface area contributed by atoms with E-state index in [1.54, 1.807) is 17.9 Å². The van der Waals surface area contributed by atoms with Crippen molar-refractivity contribution in [3.63, 3.8) is 0 Å². The van der Waals surface area contributed by atoms with Gasteiger partial charge in [-0.15, -0.1) is 0 Å². The SMILES string of the molecule is CC(Oc1ccc(-c2cccc(-n3ncc(C(=O)O)c3C3C[C@@H]3/C(N)=C/N(C)N)c2)cc1)C1CCCCC1. The summed E-state index contributed by atoms with van der Waals surface area (Å²) in [5.74, 6) is 6.23. The van der Waals surface area contributed by atoms with Crippen LogP contribution in [0.4, 0.5) is 0 Å². The van der Waals surface area contributed by atoms with Crippen molar-refractivity contribution in [1.29, 1.82) is 0 Å². The lowest BCUT2D eigenvalue weighted by Crippen LogP contribution is -2.25. The van der Waals surface area contributed by atoms with Gasteiger partial charge >= 0.3 is 5.97 Å². The zero-order valence-electron chi connectivity index (χ0n) is 22.1. The van der Waals surface area contributed by atoms with Crippen molar-refractivity contribution in [2.45, 2.75) is 57.5 Å². The minimum atomic E-state index is -0.996. The summed E-state index contributed by atoms with van der Waals surface area (Å²) in [6.45, 7) is 2.18. The second kappa shape index (κ2) is 10.9. The molecule has 0 radical (unpaired) electrons. The molecule has 0 bridgehead atoms. The van der Waals surface area contributed by atoms with Crippen LogP contribution in [0.25, 0.3) is 16.8 Å². The molecule has 2 aliphatic rings. The summed E-state index contributed by atoms with van der Waals surface area (Å²) in [7, 11) is 1.71. The molecule has 0 aliphatic heterocycles. The minimum Gasteiger partial charge on any atom is -0.490 e. The maximum absolute atomic E-state index is 12.0. The smallest absolute Gasteiger partial charge is 0.339 e. The van der Waals surface area contributed by atoms with Gasteiger partial charge in [-0.3, -0.25) is 0 Å². The van der Waals surface area contributed by atoms with Gasteiger partial charge in [-0.2, -0.15) is 5.10 Å². The zero-order valence-corrected chi connectivity index (χ0v) is 22.1. The van der Waals surface area contributed by atoms with E-state index in [9.17, 15) is 9.90 Å². The standard InChI is InChI=1S/C30H37N5O3/c1-19(20-7-4-3-5-8-20)38-24-13-11-21(12-14-24)22-9-6-10-23(15-22)35-29(27(17-33-35)30(36)37)26-16-25(26)28(31)18-34(2)32/h6,9-15,17-20,25-26H,3-5,7-8,16,31-32H2,1-2H3,(H,36,37)/b28-18-/t19?,25-,26?/m0/s1. The van der Waals surface area contributed by atoms with Gasteiger partial charge in [-0.25, -0.2) is 15.3 Å². The van der Waals surface area contributed by atoms with E-state index in [1.807, 2.05) is 36.4 Å². The van der Waals surface area contributed by atoms with E-state index in [2.05, 4.69) is 24.2 Å². The van der Waals surface area contributed by atoms with E-state index in [-0.39, 0.29) is 23.5 Å². The quantitative estimate of drug-likeness (QED) is 0.261. The first kappa shape index (κ1) is 25.9. The Morgan fingerprint density at radius 1 is 1.16 bits per heavy atom. The average molecular weight is 516 g/mol. The largest absolute Gasteiger partial charge is 0.490 e. The third kappa shape index (κ3) is 5.55. The third-order valence-electron chi connectivity index (χ3n) is 7.87. The van der Waals surface area contributed by atoms with Crippen molar-refractivity contribution in [3.8, 4) is 22.6 Å². The molecule has 3 atom stereocenters. The molecule has 3 aromatic rings. The molecule has 2 aliphatic carbocycles. The summed E-state index contributed by atoms with van der Waals surface area (Å²) in [5.41, 5.74) is 10.6. The highest BCUT2D eigenvalue weighted by atomic mass is 16.5. The Hall–Kier alpha value is -3.78. The van der Waals surface area contributed by atoms with E-state index in [0.29, 0.717) is 17.3 Å². The Morgan fingerprint density at radius 3 is 2.58 bits per heavy atom. The molecule has 1 aromatic heterocycles. The number of ether oxygens (including phenoxy) is 1. The second-order valence-electron chi connectivity index (χ2n) is 10.7. The number of hydrazine groups is 1. The molecule has 2 fully saturated rings. The number of hydrogen-bond donors (Lipinski definition) is 3. The second-order valence-corrected chi connectivity index (χ2v) is 10.7. The monoisotopic (exact) mass is 515 g/mol. The number of carboxylic acid groups (broad SMARTS) is 1. The van der Waals surface area contributed by atoms with E-state index < -0.39 is 5.97 Å². The van der Waals surface area contributed by atoms with Crippen LogP contribution >= 0.6 is 0 Å². The molecular formula is C30H37N5O3. The molecule has 5 N–H and O–H groups in total. The fraction of sp³-hybridized carbons (Fsp3) is 0.400. The summed E-state index contributed by atoms with van der Waals surface area (Å²) < 4.78 is 8.01. The van der Waals surface area contributed by atoms with Gasteiger partial charge in [0.1, 0.15) is 11.3 Å². The highest BCUT2D eigenvalue weighted by Gasteiger charge is 2.45. The van der Waals surface area contributed by atoms with E-state index >= 15 is 0 Å². The molecule has 200 valence electrons. The molecule has 0 amide bonds. The van der Waals surface area contributed by atoms with Crippen LogP contribution in [0.5, 0.6) is 5.75 Å². The number of rotatable bonds is 9. The number of benzene rings is 2. The topological polar surface area (TPSA) is 120 Å². The number of carbonyl (C=O) groups is 1. The minimum absolute atomic E-state index is 0.0290. The Kier molecular flexibility index (Phi) is 7.42. The Balaban J connectivity index is 1.37. The van der Waals surface area contributed by atoms with Crippen molar-refractivity contribution in [1.82, 2.24) is 14.8 Å². The van der Waals surface area contributed by atoms with Crippen LogP contribution in [0.1, 0.15) is 67.4 Å². The van der Waals surface area contributed by atoms with E-state index in [1.165, 1.54) is 43.3 Å². The van der Waals surface area contributed by atoms with Gasteiger partial charge in [-0.1, -0.05) is 43.5 Å². The fourth-order valence-electron chi connectivity index (χ4n) is 5.74. The van der Waals surface area contributed by atoms with Crippen molar-refractivity contribution in [2.75, 3.05) is 7.05 Å². The predicted molar refractivity (Wildman–Crippen MR) is 148 cm³/mol. The van der Waals surface area contributed by atoms with Crippen molar-refractivity contribution in [2.24, 2.45) is 23.4 Å². The number of allylic oxidation sites excluding steroid dienone is 1. The molecule has 2 aromatic carbocycles. The molecule has 1 heterocycles. The first-order valence-electron chi connectivity index (χ1n) is 13.4. The van der Waals surface area contributed by atoms with Crippen LogP contribution < -0.4 is 16.3 Å². The van der Waals surface area contributed by atoms with Crippen LogP contribution in [0.15, 0.2) is 66.6 Å². The van der Waals surface area contributed by atoms with Crippen molar-refractivity contribution < 1.29 is 14.6 Å². The molecule has 2 saturated carbocycles. The van der Waals surface area contributed by atoms with Crippen LogP contribution in [0.2, 0.25) is 0 Å². The molecule has 38 heavy (non-hydrogen) atoms. The van der Waals surface area contributed by atoms with Crippen LogP contribution in [-0.4, -0.2) is 39.0 Å². The van der Waals surface area contributed by atoms with Crippen LogP contribution in [0.3, 0.4) is 0 Å². The normalized spacial score (nSPS) is 20.7. The van der Waals surface area contributed by atoms with Gasteiger partial charge in [0.2, 0.25) is 0 Å². The van der Waals surface area contributed by atoms with E-state index in [0.717, 1.165) is 29.0 Å². The first-order chi connectivity index (χ1) is 18.3. The zero-order chi connectivity index (χ0) is 26.8. The maximum atomic E-state index is 12.0. The van der Waals surface area contributed by atoms with Crippen LogP contribution in [-0.2, 0) is 0 Å². The lowest BCUT2D eigenvalue weighted by Gasteiger charge is -2.28. The van der Waals surface area contributed by atoms with Gasteiger partial charge in [0.25, 0.3) is 0 Å². The molecule has 0 saturated heterocycles. The summed E-state index contributed by atoms with van der Waals surface area (Å²) in [6, 6.07) is 16.2. The highest BCUT2D eigenvalue weighted by Crippen LogP contribution is 2.51. The summed E-state index contributed by atoms with van der Waals surface area (Å²) in [6.07, 6.45) is 10.5. The highest BCUT2D eigenvalue weighted by molar-refractivity contribution is 5.89. The number of nitrogens with two attached hydrogens (primary N) is 2. The summed E-state index contributed by atoms with van der Waals surface area (Å²) in [4.78, 5) is 12.0. The molecule has 2 unspecified atom stereocenters. The Labute approximate surface area is 223 Å². The maximum Gasteiger partial charge on any atom is 0.339 e. The number of aromatic carboxylic acids is 1. The molecule has 8 heteroatoms. The average Bonchev–Trinajstić information content (AvgIpc) is 3.59. The van der Waals surface area contributed by atoms with Crippen molar-refractivity contribution in [3.05, 3.63) is 77.9 Å². The molecule has 5 rings (SSSR count). The van der Waals surface area contributed by atoms with Crippen LogP contribution in [0, 0.1) is 11.8 Å². The molecule has 0 spiro atoms. The predicted octanol–water partition coefficient (Wildman–Crippen LogP) is 5.29. The van der Waals surface area contributed by atoms with Gasteiger partial charge in [0.15, 0.2) is 0 Å². The summed E-state index contributed by atoms with van der Waals surface area (Å²) >= 11 is 0. The Morgan fingerprint density at radius 2 is 1.89 bits per heavy atom. The number of nitrogens with zero attached hydrogens (tertiary/aromatic N) is 3. The molecular weight excluding hydrogens is 478 g/mol. The first-order valence-corrected chi connectivity index (χ1v) is 13.4. The van der Waals surface area contributed by atoms with Gasteiger partial charge in [0, 0.05) is 30.8 Å².